The number of likely N-dealkylation sites (N-methyl/N-ethyl adjacent to an activating group) is 1. The van der Waals surface area contributed by atoms with Gasteiger partial charge in [-0.05, 0) is 116 Å². The van der Waals surface area contributed by atoms with Crippen LogP contribution in [0.1, 0.15) is 174 Å². The fraction of sp³-hybridized carbons (Fsp3) is 0.583. The maximum atomic E-state index is 12.8. The second kappa shape index (κ2) is 48.9. The monoisotopic (exact) mass is 942 g/mol. The highest BCUT2D eigenvalue weighted by Crippen LogP contribution is 2.12. The van der Waals surface area contributed by atoms with Gasteiger partial charge in [0, 0.05) is 19.3 Å². The molecule has 0 aromatic heterocycles. The van der Waals surface area contributed by atoms with Gasteiger partial charge in [-0.2, -0.15) is 0 Å². The average Bonchev–Trinajstić information content (AvgIpc) is 3.30. The number of carbonyl (C=O) groups is 3. The molecule has 0 aliphatic rings. The molecule has 2 atom stereocenters. The molecule has 8 nitrogen and oxygen atoms in total. The summed E-state index contributed by atoms with van der Waals surface area (Å²) in [5.74, 6) is -1.84. The lowest BCUT2D eigenvalue weighted by atomic mass is 10.1. The first-order valence-electron chi connectivity index (χ1n) is 26.2. The van der Waals surface area contributed by atoms with Gasteiger partial charge in [-0.3, -0.25) is 9.59 Å². The molecule has 0 heterocycles. The minimum absolute atomic E-state index is 0.00607. The van der Waals surface area contributed by atoms with Gasteiger partial charge in [0.05, 0.1) is 40.3 Å². The lowest BCUT2D eigenvalue weighted by Gasteiger charge is -2.34. The normalized spacial score (nSPS) is 14.0. The van der Waals surface area contributed by atoms with Gasteiger partial charge in [-0.25, -0.2) is 0 Å². The van der Waals surface area contributed by atoms with E-state index in [0.29, 0.717) is 12.8 Å². The van der Waals surface area contributed by atoms with E-state index in [9.17, 15) is 19.5 Å². The predicted octanol–water partition coefficient (Wildman–Crippen LogP) is 14.2. The van der Waals surface area contributed by atoms with Gasteiger partial charge in [0.2, 0.25) is 0 Å². The number of rotatable bonds is 45. The number of aliphatic carboxylic acids is 1. The van der Waals surface area contributed by atoms with Crippen molar-refractivity contribution in [3.63, 3.8) is 0 Å². The minimum Gasteiger partial charge on any atom is -0.544 e. The molecule has 0 saturated carbocycles. The number of ether oxygens (including phenoxy) is 3. The van der Waals surface area contributed by atoms with Crippen LogP contribution in [-0.2, 0) is 28.6 Å². The highest BCUT2D eigenvalue weighted by atomic mass is 16.6. The number of carbonyl (C=O) groups excluding carboxylic acids is 3. The number of esters is 2. The summed E-state index contributed by atoms with van der Waals surface area (Å²) in [6.07, 6.45) is 70.5. The van der Waals surface area contributed by atoms with E-state index >= 15 is 0 Å². The quantitative estimate of drug-likeness (QED) is 0.0259. The Labute approximate surface area is 415 Å². The Kier molecular flexibility index (Phi) is 45.7. The molecule has 0 aliphatic carbocycles. The van der Waals surface area contributed by atoms with Crippen LogP contribution in [0.2, 0.25) is 0 Å². The lowest BCUT2D eigenvalue weighted by molar-refractivity contribution is -0.889. The Morgan fingerprint density at radius 3 is 1.24 bits per heavy atom. The molecule has 0 fully saturated rings. The van der Waals surface area contributed by atoms with E-state index in [0.717, 1.165) is 103 Å². The van der Waals surface area contributed by atoms with E-state index in [2.05, 4.69) is 148 Å². The van der Waals surface area contributed by atoms with E-state index in [-0.39, 0.29) is 55.5 Å². The van der Waals surface area contributed by atoms with Crippen LogP contribution >= 0.6 is 0 Å². The lowest BCUT2D eigenvalue weighted by Crippen LogP contribution is -2.55. The molecule has 0 aromatic carbocycles. The molecule has 0 amide bonds. The van der Waals surface area contributed by atoms with Crippen LogP contribution in [-0.4, -0.2) is 75.5 Å². The summed E-state index contributed by atoms with van der Waals surface area (Å²) in [5, 5.41) is 11.7. The Balaban J connectivity index is 4.42. The minimum atomic E-state index is -1.14. The highest BCUT2D eigenvalue weighted by Gasteiger charge is 2.25. The first-order chi connectivity index (χ1) is 33.1. The molecular weight excluding hydrogens is 847 g/mol. The number of hydrogen-bond acceptors (Lipinski definition) is 7. The van der Waals surface area contributed by atoms with Crippen LogP contribution in [0.15, 0.2) is 134 Å². The van der Waals surface area contributed by atoms with Crippen LogP contribution in [0.25, 0.3) is 0 Å². The first-order valence-corrected chi connectivity index (χ1v) is 26.2. The largest absolute Gasteiger partial charge is 0.544 e. The molecule has 0 aromatic rings. The van der Waals surface area contributed by atoms with E-state index in [1.54, 1.807) is 21.1 Å². The zero-order chi connectivity index (χ0) is 49.9. The number of quaternary nitrogens is 1. The Morgan fingerprint density at radius 2 is 0.824 bits per heavy atom. The fourth-order valence-electron chi connectivity index (χ4n) is 6.74. The van der Waals surface area contributed by atoms with Crippen molar-refractivity contribution in [1.29, 1.82) is 0 Å². The van der Waals surface area contributed by atoms with Gasteiger partial charge in [-0.15, -0.1) is 0 Å². The summed E-state index contributed by atoms with van der Waals surface area (Å²) in [4.78, 5) is 37.1. The molecule has 0 rings (SSSR count). The molecular formula is C60H95NO7. The smallest absolute Gasteiger partial charge is 0.306 e. The van der Waals surface area contributed by atoms with Gasteiger partial charge >= 0.3 is 11.9 Å². The van der Waals surface area contributed by atoms with Crippen molar-refractivity contribution < 1.29 is 38.2 Å². The second-order valence-electron chi connectivity index (χ2n) is 18.0. The number of unbranched alkanes of at least 4 members (excludes halogenated alkanes) is 9. The third kappa shape index (κ3) is 46.6. The molecule has 0 N–H and O–H groups in total. The number of carboxylic acid groups (broad SMARTS) is 1. The third-order valence-corrected chi connectivity index (χ3v) is 10.8. The number of carboxylic acids is 1. The molecule has 8 heteroatoms. The highest BCUT2D eigenvalue weighted by molar-refractivity contribution is 5.70. The SMILES string of the molecule is CC/C=C/C/C=C/C/C=C/C/C=C/C/C=C/C/C=C/CCCCCCC(=O)OC(COCCC(C(=O)[O-])[N+](C)(C)C)COC(=O)CCCC/C=C/C/C=C/C/C=C/C/C=C/C/C=C/CCCCC. The third-order valence-electron chi connectivity index (χ3n) is 10.8. The van der Waals surface area contributed by atoms with E-state index in [1.165, 1.54) is 25.7 Å². The maximum absolute atomic E-state index is 12.8. The summed E-state index contributed by atoms with van der Waals surface area (Å²) >= 11 is 0. The van der Waals surface area contributed by atoms with Crippen molar-refractivity contribution in [2.24, 2.45) is 0 Å². The van der Waals surface area contributed by atoms with Crippen molar-refractivity contribution in [3.05, 3.63) is 134 Å². The Hall–Kier alpha value is -4.53. The molecule has 0 radical (unpaired) electrons. The van der Waals surface area contributed by atoms with Gasteiger partial charge in [0.15, 0.2) is 6.10 Å². The van der Waals surface area contributed by atoms with Crippen molar-refractivity contribution in [3.8, 4) is 0 Å². The van der Waals surface area contributed by atoms with E-state index in [1.807, 2.05) is 0 Å². The molecule has 382 valence electrons. The van der Waals surface area contributed by atoms with Crippen LogP contribution in [0, 0.1) is 0 Å². The van der Waals surface area contributed by atoms with Crippen LogP contribution < -0.4 is 5.11 Å². The summed E-state index contributed by atoms with van der Waals surface area (Å²) in [6, 6.07) is -0.748. The summed E-state index contributed by atoms with van der Waals surface area (Å²) in [5.41, 5.74) is 0. The molecule has 0 saturated heterocycles. The van der Waals surface area contributed by atoms with Crippen molar-refractivity contribution in [2.75, 3.05) is 41.0 Å². The van der Waals surface area contributed by atoms with Gasteiger partial charge in [0.1, 0.15) is 12.6 Å². The zero-order valence-corrected chi connectivity index (χ0v) is 43.5. The Morgan fingerprint density at radius 1 is 0.456 bits per heavy atom. The molecule has 2 unspecified atom stereocenters. The number of hydrogen-bond donors (Lipinski definition) is 0. The van der Waals surface area contributed by atoms with Gasteiger partial charge in [0.25, 0.3) is 0 Å². The molecule has 0 spiro atoms. The van der Waals surface area contributed by atoms with Crippen molar-refractivity contribution in [2.45, 2.75) is 187 Å². The second-order valence-corrected chi connectivity index (χ2v) is 18.0. The van der Waals surface area contributed by atoms with Crippen molar-refractivity contribution in [1.82, 2.24) is 0 Å². The zero-order valence-electron chi connectivity index (χ0n) is 43.5. The summed E-state index contributed by atoms with van der Waals surface area (Å²) < 4.78 is 17.2. The van der Waals surface area contributed by atoms with Crippen molar-refractivity contribution >= 4 is 17.9 Å². The molecule has 0 bridgehead atoms. The van der Waals surface area contributed by atoms with Crippen LogP contribution in [0.3, 0.4) is 0 Å². The maximum Gasteiger partial charge on any atom is 0.306 e. The summed E-state index contributed by atoms with van der Waals surface area (Å²) in [7, 11) is 5.38. The molecule has 0 aliphatic heterocycles. The number of allylic oxidation sites excluding steroid dienone is 22. The van der Waals surface area contributed by atoms with Crippen LogP contribution in [0.4, 0.5) is 0 Å². The van der Waals surface area contributed by atoms with Crippen LogP contribution in [0.5, 0.6) is 0 Å². The first kappa shape index (κ1) is 63.5. The number of nitrogens with zero attached hydrogens (tertiary/aromatic N) is 1. The van der Waals surface area contributed by atoms with Gasteiger partial charge in [-0.1, -0.05) is 173 Å². The summed E-state index contributed by atoms with van der Waals surface area (Å²) in [6.45, 7) is 4.43. The van der Waals surface area contributed by atoms with Gasteiger partial charge < -0.3 is 28.6 Å². The standard InChI is InChI=1S/C60H95NO7/c1-6-8-10-12-14-16-18-20-22-24-26-28-29-31-33-35-37-39-41-43-45-47-49-51-59(63)68-56(54-66-53-52-57(60(64)65)61(3,4)5)55-67-58(62)50-48-46-44-42-40-38-36-34-32-30-27-25-23-21-19-17-15-13-11-9-7-2/h8,10,14-17,20-23,26-28,30-31,33-34,36-37,39-40,42,56-57H,6-7,9,11-13,18-19,24-25,29,32,35,38,41,43-55H2,1-5H3/b10-8+,16-14+,17-15+,22-20+,23-21+,28-26+,30-27+,33-31+,36-34+,39-37+,42-40+. The average molecular weight is 942 g/mol. The van der Waals surface area contributed by atoms with E-state index < -0.39 is 18.1 Å². The fourth-order valence-corrected chi connectivity index (χ4v) is 6.74. The topological polar surface area (TPSA) is 102 Å². The predicted molar refractivity (Wildman–Crippen MR) is 286 cm³/mol. The molecule has 68 heavy (non-hydrogen) atoms. The Bertz CT molecular complexity index is 1570. The van der Waals surface area contributed by atoms with E-state index in [4.69, 9.17) is 14.2 Å².